The molecule has 0 aromatic carbocycles. The van der Waals surface area contributed by atoms with E-state index in [9.17, 15) is 8.42 Å². The molecule has 1 unspecified atom stereocenters. The Labute approximate surface area is 120 Å². The third-order valence-corrected chi connectivity index (χ3v) is 6.98. The van der Waals surface area contributed by atoms with Crippen LogP contribution in [0.5, 0.6) is 0 Å². The molecule has 0 bridgehead atoms. The lowest BCUT2D eigenvalue weighted by molar-refractivity contribution is 0.0423. The van der Waals surface area contributed by atoms with Gasteiger partial charge >= 0.3 is 0 Å². The van der Waals surface area contributed by atoms with Gasteiger partial charge in [-0.1, -0.05) is 13.8 Å². The molecular formula is C13H24N2O4S. The summed E-state index contributed by atoms with van der Waals surface area (Å²) in [6.45, 7) is 8.69. The van der Waals surface area contributed by atoms with Crippen molar-refractivity contribution in [3.05, 3.63) is 0 Å². The van der Waals surface area contributed by atoms with Crippen molar-refractivity contribution >= 4 is 10.0 Å². The van der Waals surface area contributed by atoms with E-state index in [2.05, 4.69) is 19.2 Å². The molecule has 0 saturated carbocycles. The molecule has 0 spiro atoms. The molecule has 6 nitrogen and oxygen atoms in total. The summed E-state index contributed by atoms with van der Waals surface area (Å²) in [7, 11) is -3.27. The van der Waals surface area contributed by atoms with Crippen LogP contribution in [0.1, 0.15) is 13.8 Å². The van der Waals surface area contributed by atoms with Gasteiger partial charge in [-0.05, 0) is 0 Å². The first kappa shape index (κ1) is 14.7. The maximum absolute atomic E-state index is 12.6. The van der Waals surface area contributed by atoms with Gasteiger partial charge in [0.15, 0.2) is 0 Å². The third-order valence-electron chi connectivity index (χ3n) is 5.14. The number of hydrogen-bond donors (Lipinski definition) is 1. The lowest BCUT2D eigenvalue weighted by atomic mass is 9.71. The fourth-order valence-electron chi connectivity index (χ4n) is 3.42. The third kappa shape index (κ3) is 2.39. The summed E-state index contributed by atoms with van der Waals surface area (Å²) < 4.78 is 37.9. The van der Waals surface area contributed by atoms with Gasteiger partial charge in [-0.2, -0.15) is 0 Å². The number of ether oxygens (including phenoxy) is 2. The monoisotopic (exact) mass is 304 g/mol. The zero-order valence-corrected chi connectivity index (χ0v) is 13.0. The van der Waals surface area contributed by atoms with Gasteiger partial charge in [0.2, 0.25) is 10.0 Å². The second kappa shape index (κ2) is 4.91. The molecule has 3 aliphatic rings. The number of sulfonamides is 1. The van der Waals surface area contributed by atoms with Crippen molar-refractivity contribution < 1.29 is 17.9 Å². The smallest absolute Gasteiger partial charge is 0.216 e. The maximum atomic E-state index is 12.6. The van der Waals surface area contributed by atoms with Crippen LogP contribution < -0.4 is 5.32 Å². The van der Waals surface area contributed by atoms with Gasteiger partial charge in [0.05, 0.1) is 31.7 Å². The van der Waals surface area contributed by atoms with Crippen LogP contribution in [0.2, 0.25) is 0 Å². The van der Waals surface area contributed by atoms with Crippen LogP contribution in [0, 0.1) is 10.8 Å². The topological polar surface area (TPSA) is 67.9 Å². The average Bonchev–Trinajstić information content (AvgIpc) is 2.78. The van der Waals surface area contributed by atoms with E-state index >= 15 is 0 Å². The molecule has 3 fully saturated rings. The summed E-state index contributed by atoms with van der Waals surface area (Å²) in [5.74, 6) is 0.0764. The fourth-order valence-corrected chi connectivity index (χ4v) is 5.28. The number of rotatable bonds is 3. The molecule has 0 radical (unpaired) electrons. The van der Waals surface area contributed by atoms with Gasteiger partial charge in [0.1, 0.15) is 0 Å². The van der Waals surface area contributed by atoms with Crippen LogP contribution >= 0.6 is 0 Å². The Morgan fingerprint density at radius 1 is 1.25 bits per heavy atom. The summed E-state index contributed by atoms with van der Waals surface area (Å²) in [5, 5.41) is 3.17. The van der Waals surface area contributed by atoms with Crippen molar-refractivity contribution in [2.75, 3.05) is 51.8 Å². The summed E-state index contributed by atoms with van der Waals surface area (Å²) in [4.78, 5) is 0. The van der Waals surface area contributed by atoms with E-state index in [0.29, 0.717) is 39.5 Å². The molecule has 0 aromatic rings. The Kier molecular flexibility index (Phi) is 3.62. The van der Waals surface area contributed by atoms with Crippen molar-refractivity contribution in [1.29, 1.82) is 0 Å². The molecule has 0 amide bonds. The SMILES string of the molecule is C[C@@]12COC[C@]1(C)CN(S(=O)(=O)CC1CNCCO1)C2. The second-order valence-electron chi connectivity index (χ2n) is 6.86. The van der Waals surface area contributed by atoms with Crippen LogP contribution in [0.3, 0.4) is 0 Å². The summed E-state index contributed by atoms with van der Waals surface area (Å²) in [6.07, 6.45) is -0.231. The molecule has 3 heterocycles. The minimum absolute atomic E-state index is 0.0637. The van der Waals surface area contributed by atoms with E-state index in [1.165, 1.54) is 0 Å². The normalized spacial score (nSPS) is 42.8. The van der Waals surface area contributed by atoms with Gasteiger partial charge in [0.25, 0.3) is 0 Å². The Balaban J connectivity index is 1.70. The number of fused-ring (bicyclic) bond motifs is 1. The van der Waals surface area contributed by atoms with Crippen molar-refractivity contribution in [2.45, 2.75) is 20.0 Å². The second-order valence-corrected chi connectivity index (χ2v) is 8.87. The Morgan fingerprint density at radius 3 is 2.45 bits per heavy atom. The van der Waals surface area contributed by atoms with Crippen molar-refractivity contribution in [1.82, 2.24) is 9.62 Å². The highest BCUT2D eigenvalue weighted by Crippen LogP contribution is 2.51. The van der Waals surface area contributed by atoms with Crippen molar-refractivity contribution in [3.63, 3.8) is 0 Å². The predicted octanol–water partition coefficient (Wildman–Crippen LogP) is -0.337. The molecule has 116 valence electrons. The summed E-state index contributed by atoms with van der Waals surface area (Å²) in [5.41, 5.74) is -0.127. The molecular weight excluding hydrogens is 280 g/mol. The van der Waals surface area contributed by atoms with E-state index in [-0.39, 0.29) is 22.7 Å². The lowest BCUT2D eigenvalue weighted by Crippen LogP contribution is -2.45. The van der Waals surface area contributed by atoms with Crippen LogP contribution in [-0.4, -0.2) is 70.6 Å². The highest BCUT2D eigenvalue weighted by molar-refractivity contribution is 7.89. The fraction of sp³-hybridized carbons (Fsp3) is 1.00. The summed E-state index contributed by atoms with van der Waals surface area (Å²) >= 11 is 0. The van der Waals surface area contributed by atoms with E-state index in [4.69, 9.17) is 9.47 Å². The predicted molar refractivity (Wildman–Crippen MR) is 75.0 cm³/mol. The van der Waals surface area contributed by atoms with Gasteiger partial charge < -0.3 is 14.8 Å². The van der Waals surface area contributed by atoms with Crippen molar-refractivity contribution in [2.24, 2.45) is 10.8 Å². The van der Waals surface area contributed by atoms with Crippen LogP contribution in [0.15, 0.2) is 0 Å². The largest absolute Gasteiger partial charge is 0.380 e. The number of hydrogen-bond acceptors (Lipinski definition) is 5. The molecule has 7 heteroatoms. The Hall–Kier alpha value is -0.210. The van der Waals surface area contributed by atoms with Gasteiger partial charge in [0, 0.05) is 37.0 Å². The van der Waals surface area contributed by atoms with Crippen LogP contribution in [-0.2, 0) is 19.5 Å². The zero-order valence-electron chi connectivity index (χ0n) is 12.2. The van der Waals surface area contributed by atoms with Gasteiger partial charge in [-0.15, -0.1) is 0 Å². The first-order valence-electron chi connectivity index (χ1n) is 7.23. The van der Waals surface area contributed by atoms with Crippen LogP contribution in [0.4, 0.5) is 0 Å². The number of nitrogens with zero attached hydrogens (tertiary/aromatic N) is 1. The Morgan fingerprint density at radius 2 is 1.90 bits per heavy atom. The highest BCUT2D eigenvalue weighted by atomic mass is 32.2. The quantitative estimate of drug-likeness (QED) is 0.773. The molecule has 0 aromatic heterocycles. The van der Waals surface area contributed by atoms with E-state index in [1.54, 1.807) is 4.31 Å². The molecule has 1 N–H and O–H groups in total. The molecule has 20 heavy (non-hydrogen) atoms. The van der Waals surface area contributed by atoms with E-state index in [1.807, 2.05) is 0 Å². The first-order valence-corrected chi connectivity index (χ1v) is 8.84. The minimum Gasteiger partial charge on any atom is -0.380 e. The standard InChI is InChI=1S/C13H24N2O4S/c1-12-7-15(8-13(12,2)10-18-9-12)20(16,17)6-11-5-14-3-4-19-11/h11,14H,3-10H2,1-2H3/t11?,12-,13+. The number of morpholine rings is 1. The molecule has 3 atom stereocenters. The number of nitrogens with one attached hydrogen (secondary N) is 1. The molecule has 3 aliphatic heterocycles. The molecule has 3 rings (SSSR count). The van der Waals surface area contributed by atoms with Crippen LogP contribution in [0.25, 0.3) is 0 Å². The average molecular weight is 304 g/mol. The first-order chi connectivity index (χ1) is 9.35. The molecule has 0 aliphatic carbocycles. The zero-order chi connectivity index (χ0) is 14.4. The van der Waals surface area contributed by atoms with Crippen molar-refractivity contribution in [3.8, 4) is 0 Å². The summed E-state index contributed by atoms with van der Waals surface area (Å²) in [6, 6.07) is 0. The Bertz CT molecular complexity index is 459. The molecule has 3 saturated heterocycles. The van der Waals surface area contributed by atoms with Gasteiger partial charge in [-0.25, -0.2) is 12.7 Å². The maximum Gasteiger partial charge on any atom is 0.216 e. The highest BCUT2D eigenvalue weighted by Gasteiger charge is 2.58. The van der Waals surface area contributed by atoms with Gasteiger partial charge in [-0.3, -0.25) is 0 Å². The van der Waals surface area contributed by atoms with E-state index in [0.717, 1.165) is 6.54 Å². The minimum atomic E-state index is -3.27. The lowest BCUT2D eigenvalue weighted by Gasteiger charge is -2.29. The van der Waals surface area contributed by atoms with E-state index < -0.39 is 10.0 Å².